The summed E-state index contributed by atoms with van der Waals surface area (Å²) in [6.45, 7) is 0. The van der Waals surface area contributed by atoms with E-state index in [9.17, 15) is 4.79 Å². The van der Waals surface area contributed by atoms with Crippen LogP contribution in [0.3, 0.4) is 0 Å². The van der Waals surface area contributed by atoms with Crippen LogP contribution in [0.4, 0.5) is 0 Å². The van der Waals surface area contributed by atoms with Crippen molar-refractivity contribution in [3.05, 3.63) is 53.9 Å². The number of rotatable bonds is 5. The van der Waals surface area contributed by atoms with E-state index >= 15 is 0 Å². The van der Waals surface area contributed by atoms with Gasteiger partial charge in [0.05, 0.1) is 25.5 Å². The summed E-state index contributed by atoms with van der Waals surface area (Å²) in [5.74, 6) is 1.19. The molecule has 0 atom stereocenters. The Labute approximate surface area is 122 Å². The fraction of sp³-hybridized carbons (Fsp3) is 0.200. The molecular formula is C15H15NO3S. The average Bonchev–Trinajstić information content (AvgIpc) is 2.53. The second-order valence-electron chi connectivity index (χ2n) is 3.97. The van der Waals surface area contributed by atoms with Crippen LogP contribution >= 0.6 is 11.8 Å². The van der Waals surface area contributed by atoms with Crippen LogP contribution in [-0.4, -0.2) is 25.2 Å². The van der Waals surface area contributed by atoms with Gasteiger partial charge in [-0.1, -0.05) is 12.1 Å². The highest BCUT2D eigenvalue weighted by atomic mass is 32.2. The quantitative estimate of drug-likeness (QED) is 0.625. The number of methoxy groups -OCH3 is 2. The first-order chi connectivity index (χ1) is 9.74. The van der Waals surface area contributed by atoms with E-state index in [1.165, 1.54) is 13.3 Å². The third kappa shape index (κ3) is 3.51. The molecule has 1 aromatic heterocycles. The summed E-state index contributed by atoms with van der Waals surface area (Å²) in [5, 5.41) is 0. The molecule has 0 aliphatic carbocycles. The molecule has 0 N–H and O–H groups in total. The van der Waals surface area contributed by atoms with Crippen molar-refractivity contribution >= 4 is 17.7 Å². The highest BCUT2D eigenvalue weighted by molar-refractivity contribution is 7.98. The molecule has 0 spiro atoms. The number of hydrogen-bond donors (Lipinski definition) is 0. The van der Waals surface area contributed by atoms with Gasteiger partial charge in [0.25, 0.3) is 0 Å². The van der Waals surface area contributed by atoms with Crippen molar-refractivity contribution in [3.63, 3.8) is 0 Å². The molecule has 2 rings (SSSR count). The molecule has 0 aliphatic heterocycles. The lowest BCUT2D eigenvalue weighted by molar-refractivity contribution is 0.0600. The van der Waals surface area contributed by atoms with E-state index in [1.807, 2.05) is 30.3 Å². The van der Waals surface area contributed by atoms with E-state index in [-0.39, 0.29) is 5.97 Å². The third-order valence-electron chi connectivity index (χ3n) is 2.69. The minimum absolute atomic E-state index is 0.374. The van der Waals surface area contributed by atoms with E-state index < -0.39 is 0 Å². The molecule has 0 bridgehead atoms. The molecule has 0 unspecified atom stereocenters. The highest BCUT2D eigenvalue weighted by Crippen LogP contribution is 2.30. The number of carbonyl (C=O) groups is 1. The van der Waals surface area contributed by atoms with Crippen LogP contribution < -0.4 is 4.74 Å². The van der Waals surface area contributed by atoms with Crippen LogP contribution in [0.15, 0.2) is 47.5 Å². The smallest absolute Gasteiger partial charge is 0.339 e. The monoisotopic (exact) mass is 289 g/mol. The van der Waals surface area contributed by atoms with E-state index in [4.69, 9.17) is 4.74 Å². The topological polar surface area (TPSA) is 48.4 Å². The van der Waals surface area contributed by atoms with E-state index in [0.717, 1.165) is 16.3 Å². The Hall–Kier alpha value is -2.01. The van der Waals surface area contributed by atoms with Crippen molar-refractivity contribution in [2.24, 2.45) is 0 Å². The molecule has 0 aliphatic rings. The van der Waals surface area contributed by atoms with Gasteiger partial charge in [-0.25, -0.2) is 4.79 Å². The van der Waals surface area contributed by atoms with Crippen molar-refractivity contribution in [1.82, 2.24) is 4.98 Å². The zero-order valence-electron chi connectivity index (χ0n) is 11.3. The van der Waals surface area contributed by atoms with Crippen LogP contribution in [0.5, 0.6) is 5.75 Å². The van der Waals surface area contributed by atoms with Crippen LogP contribution in [0.2, 0.25) is 0 Å². The molecule has 0 fully saturated rings. The Bertz CT molecular complexity index is 584. The number of pyridine rings is 1. The predicted octanol–water partition coefficient (Wildman–Crippen LogP) is 3.17. The highest BCUT2D eigenvalue weighted by Gasteiger charge is 2.07. The second kappa shape index (κ2) is 6.96. The summed E-state index contributed by atoms with van der Waals surface area (Å²) in [6, 6.07) is 11.4. The number of para-hydroxylation sites is 1. The summed E-state index contributed by atoms with van der Waals surface area (Å²) in [4.78, 5) is 16.6. The number of carbonyl (C=O) groups excluding carboxylic acids is 1. The van der Waals surface area contributed by atoms with E-state index in [2.05, 4.69) is 9.72 Å². The lowest BCUT2D eigenvalue weighted by Gasteiger charge is -2.07. The maximum Gasteiger partial charge on any atom is 0.339 e. The standard InChI is InChI=1S/C15H15NO3S/c1-18-13-5-3-4-6-14(13)20-10-12-8-7-11(9-16-12)15(17)19-2/h3-9H,10H2,1-2H3. The van der Waals surface area contributed by atoms with Gasteiger partial charge in [-0.3, -0.25) is 4.98 Å². The largest absolute Gasteiger partial charge is 0.496 e. The first kappa shape index (κ1) is 14.4. The van der Waals surface area contributed by atoms with Crippen molar-refractivity contribution in [2.75, 3.05) is 14.2 Å². The van der Waals surface area contributed by atoms with Crippen molar-refractivity contribution in [1.29, 1.82) is 0 Å². The number of benzene rings is 1. The second-order valence-corrected chi connectivity index (χ2v) is 4.99. The van der Waals surface area contributed by atoms with Crippen molar-refractivity contribution < 1.29 is 14.3 Å². The first-order valence-corrected chi connectivity index (χ1v) is 7.02. The molecule has 0 amide bonds. The molecule has 2 aromatic rings. The molecule has 20 heavy (non-hydrogen) atoms. The Balaban J connectivity index is 2.02. The summed E-state index contributed by atoms with van der Waals surface area (Å²) < 4.78 is 9.93. The van der Waals surface area contributed by atoms with Gasteiger partial charge in [0.15, 0.2) is 0 Å². The zero-order chi connectivity index (χ0) is 14.4. The summed E-state index contributed by atoms with van der Waals surface area (Å²) >= 11 is 1.64. The predicted molar refractivity (Wildman–Crippen MR) is 78.1 cm³/mol. The molecule has 1 heterocycles. The number of aromatic nitrogens is 1. The van der Waals surface area contributed by atoms with E-state index in [0.29, 0.717) is 11.3 Å². The molecular weight excluding hydrogens is 274 g/mol. The van der Waals surface area contributed by atoms with Gasteiger partial charge in [-0.15, -0.1) is 11.8 Å². The van der Waals surface area contributed by atoms with Gasteiger partial charge in [-0.05, 0) is 24.3 Å². The number of hydrogen-bond acceptors (Lipinski definition) is 5. The number of thioether (sulfide) groups is 1. The fourth-order valence-electron chi connectivity index (χ4n) is 1.64. The molecule has 1 aromatic carbocycles. The Morgan fingerprint density at radius 3 is 2.65 bits per heavy atom. The first-order valence-electron chi connectivity index (χ1n) is 6.03. The molecule has 0 saturated carbocycles. The van der Waals surface area contributed by atoms with Crippen LogP contribution in [0.1, 0.15) is 16.1 Å². The molecule has 0 radical (unpaired) electrons. The van der Waals surface area contributed by atoms with Crippen LogP contribution in [0.25, 0.3) is 0 Å². The van der Waals surface area contributed by atoms with Gasteiger partial charge in [0.1, 0.15) is 5.75 Å². The summed E-state index contributed by atoms with van der Waals surface area (Å²) in [5.41, 5.74) is 1.35. The van der Waals surface area contributed by atoms with Gasteiger partial charge in [0.2, 0.25) is 0 Å². The van der Waals surface area contributed by atoms with Gasteiger partial charge < -0.3 is 9.47 Å². The van der Waals surface area contributed by atoms with Crippen LogP contribution in [0, 0.1) is 0 Å². The fourth-order valence-corrected chi connectivity index (χ4v) is 2.58. The van der Waals surface area contributed by atoms with Crippen LogP contribution in [-0.2, 0) is 10.5 Å². The SMILES string of the molecule is COC(=O)c1ccc(CSc2ccccc2OC)nc1. The Morgan fingerprint density at radius 2 is 2.00 bits per heavy atom. The Kier molecular flexibility index (Phi) is 5.01. The van der Waals surface area contributed by atoms with Crippen molar-refractivity contribution in [3.8, 4) is 5.75 Å². The molecule has 0 saturated heterocycles. The average molecular weight is 289 g/mol. The number of nitrogens with zero attached hydrogens (tertiary/aromatic N) is 1. The van der Waals surface area contributed by atoms with Gasteiger partial charge in [0, 0.05) is 16.8 Å². The molecule has 4 nitrogen and oxygen atoms in total. The Morgan fingerprint density at radius 1 is 1.20 bits per heavy atom. The maximum absolute atomic E-state index is 11.3. The van der Waals surface area contributed by atoms with Gasteiger partial charge >= 0.3 is 5.97 Å². The minimum atomic E-state index is -0.374. The lowest BCUT2D eigenvalue weighted by Crippen LogP contribution is -2.02. The number of ether oxygens (including phenoxy) is 2. The molecule has 104 valence electrons. The number of esters is 1. The lowest BCUT2D eigenvalue weighted by atomic mass is 10.2. The maximum atomic E-state index is 11.3. The normalized spacial score (nSPS) is 10.1. The summed E-state index contributed by atoms with van der Waals surface area (Å²) in [7, 11) is 3.01. The minimum Gasteiger partial charge on any atom is -0.496 e. The third-order valence-corrected chi connectivity index (χ3v) is 3.78. The zero-order valence-corrected chi connectivity index (χ0v) is 12.1. The summed E-state index contributed by atoms with van der Waals surface area (Å²) in [6.07, 6.45) is 1.53. The van der Waals surface area contributed by atoms with Crippen molar-refractivity contribution in [2.45, 2.75) is 10.6 Å². The van der Waals surface area contributed by atoms with Gasteiger partial charge in [-0.2, -0.15) is 0 Å². The molecule has 5 heteroatoms. The van der Waals surface area contributed by atoms with E-state index in [1.54, 1.807) is 24.9 Å².